The van der Waals surface area contributed by atoms with Crippen LogP contribution in [0.1, 0.15) is 28.5 Å². The first-order valence-corrected chi connectivity index (χ1v) is 6.14. The Kier molecular flexibility index (Phi) is 3.90. The number of fused-ring (bicyclic) bond motifs is 1. The van der Waals surface area contributed by atoms with Crippen molar-refractivity contribution in [2.75, 3.05) is 6.61 Å². The van der Waals surface area contributed by atoms with Gasteiger partial charge in [0.05, 0.1) is 12.0 Å². The first kappa shape index (κ1) is 15.9. The van der Waals surface area contributed by atoms with E-state index >= 15 is 0 Å². The summed E-state index contributed by atoms with van der Waals surface area (Å²) in [5.74, 6) is -2.16. The fourth-order valence-corrected chi connectivity index (χ4v) is 1.92. The lowest BCUT2D eigenvalue weighted by Gasteiger charge is -2.11. The minimum Gasteiger partial charge on any atom is -0.710 e. The van der Waals surface area contributed by atoms with Crippen LogP contribution in [-0.2, 0) is 10.9 Å². The summed E-state index contributed by atoms with van der Waals surface area (Å²) < 4.78 is 57.1. The summed E-state index contributed by atoms with van der Waals surface area (Å²) in [5, 5.41) is 11.4. The van der Waals surface area contributed by atoms with Gasteiger partial charge in [-0.2, -0.15) is 13.2 Å². The van der Waals surface area contributed by atoms with Gasteiger partial charge in [-0.1, -0.05) is 0 Å². The van der Waals surface area contributed by atoms with Gasteiger partial charge in [-0.3, -0.25) is 0 Å². The number of halogens is 4. The average molecular weight is 318 g/mol. The lowest BCUT2D eigenvalue weighted by Crippen LogP contribution is -2.30. The second kappa shape index (κ2) is 5.39. The minimum atomic E-state index is -4.97. The smallest absolute Gasteiger partial charge is 0.458 e. The Morgan fingerprint density at radius 2 is 2.09 bits per heavy atom. The van der Waals surface area contributed by atoms with Gasteiger partial charge >= 0.3 is 17.8 Å². The van der Waals surface area contributed by atoms with Crippen LogP contribution in [0, 0.1) is 17.9 Å². The molecular formula is C13H10F4N2O3. The number of alkyl halides is 3. The van der Waals surface area contributed by atoms with Crippen LogP contribution < -0.4 is 4.73 Å². The molecule has 0 amide bonds. The molecular weight excluding hydrogens is 308 g/mol. The van der Waals surface area contributed by atoms with E-state index in [0.29, 0.717) is 6.20 Å². The number of aryl methyl sites for hydroxylation is 1. The van der Waals surface area contributed by atoms with Gasteiger partial charge in [0.2, 0.25) is 0 Å². The van der Waals surface area contributed by atoms with Crippen molar-refractivity contribution < 1.29 is 31.8 Å². The number of aromatic nitrogens is 2. The fraction of sp³-hybridized carbons (Fsp3) is 0.308. The summed E-state index contributed by atoms with van der Waals surface area (Å²) in [6.45, 7) is 2.55. The Balaban J connectivity index is 2.86. The normalized spacial score (nSPS) is 11.7. The summed E-state index contributed by atoms with van der Waals surface area (Å²) in [4.78, 5) is 14.9. The number of pyridine rings is 2. The van der Waals surface area contributed by atoms with Crippen molar-refractivity contribution >= 4 is 17.0 Å². The molecule has 22 heavy (non-hydrogen) atoms. The van der Waals surface area contributed by atoms with Gasteiger partial charge in [0.15, 0.2) is 5.82 Å². The monoisotopic (exact) mass is 318 g/mol. The highest BCUT2D eigenvalue weighted by Gasteiger charge is 2.43. The van der Waals surface area contributed by atoms with Crippen molar-refractivity contribution in [3.05, 3.63) is 40.1 Å². The van der Waals surface area contributed by atoms with Gasteiger partial charge in [0, 0.05) is 5.56 Å². The van der Waals surface area contributed by atoms with E-state index in [1.165, 1.54) is 13.8 Å². The van der Waals surface area contributed by atoms with Crippen LogP contribution in [0.4, 0.5) is 17.6 Å². The van der Waals surface area contributed by atoms with Crippen molar-refractivity contribution in [3.63, 3.8) is 0 Å². The van der Waals surface area contributed by atoms with E-state index in [1.54, 1.807) is 0 Å². The Hall–Kier alpha value is -2.45. The molecule has 0 aliphatic heterocycles. The van der Waals surface area contributed by atoms with E-state index in [0.717, 1.165) is 6.07 Å². The molecule has 0 N–H and O–H groups in total. The predicted molar refractivity (Wildman–Crippen MR) is 66.4 cm³/mol. The molecule has 0 saturated heterocycles. The quantitative estimate of drug-likeness (QED) is 0.369. The minimum absolute atomic E-state index is 0.0890. The SMILES string of the molecule is CCOC(=O)c1cc2c(C)c(F)c[n+]([O-])c2nc1C(F)(F)F. The number of ether oxygens (including phenoxy) is 1. The van der Waals surface area contributed by atoms with Crippen molar-refractivity contribution in [2.24, 2.45) is 0 Å². The Labute approximate surface area is 121 Å². The average Bonchev–Trinajstić information content (AvgIpc) is 2.43. The molecule has 118 valence electrons. The maximum absolute atomic E-state index is 13.5. The molecule has 0 aliphatic rings. The second-order valence-electron chi connectivity index (χ2n) is 4.40. The predicted octanol–water partition coefficient (Wildman–Crippen LogP) is 2.51. The number of nitrogens with zero attached hydrogens (tertiary/aromatic N) is 2. The molecule has 2 heterocycles. The lowest BCUT2D eigenvalue weighted by atomic mass is 10.1. The molecule has 2 rings (SSSR count). The van der Waals surface area contributed by atoms with Gasteiger partial charge in [-0.15, -0.1) is 0 Å². The van der Waals surface area contributed by atoms with E-state index in [4.69, 9.17) is 0 Å². The summed E-state index contributed by atoms with van der Waals surface area (Å²) in [6.07, 6.45) is -4.49. The fourth-order valence-electron chi connectivity index (χ4n) is 1.92. The van der Waals surface area contributed by atoms with Crippen LogP contribution in [0.25, 0.3) is 11.0 Å². The molecule has 0 fully saturated rings. The molecule has 0 aliphatic carbocycles. The Bertz CT molecular complexity index is 759. The molecule has 0 aromatic carbocycles. The highest BCUT2D eigenvalue weighted by Crippen LogP contribution is 2.33. The number of hydrogen-bond donors (Lipinski definition) is 0. The molecule has 0 unspecified atom stereocenters. The number of hydrogen-bond acceptors (Lipinski definition) is 4. The summed E-state index contributed by atoms with van der Waals surface area (Å²) in [7, 11) is 0. The molecule has 2 aromatic heterocycles. The molecule has 0 bridgehead atoms. The standard InChI is InChI=1S/C13H10F4N2O3/c1-3-22-12(20)8-4-7-6(2)9(14)5-19(21)11(7)18-10(8)13(15,16)17/h4-5H,3H2,1-2H3. The van der Waals surface area contributed by atoms with Crippen molar-refractivity contribution in [3.8, 4) is 0 Å². The van der Waals surface area contributed by atoms with Gasteiger partial charge in [-0.05, 0) is 24.9 Å². The molecule has 5 nitrogen and oxygen atoms in total. The zero-order chi connectivity index (χ0) is 16.7. The van der Waals surface area contributed by atoms with E-state index in [-0.39, 0.29) is 22.3 Å². The van der Waals surface area contributed by atoms with E-state index in [2.05, 4.69) is 9.72 Å². The van der Waals surface area contributed by atoms with Crippen LogP contribution in [0.2, 0.25) is 0 Å². The number of carbonyl (C=O) groups excluding carboxylic acids is 1. The molecule has 0 radical (unpaired) electrons. The largest absolute Gasteiger partial charge is 0.710 e. The maximum atomic E-state index is 13.5. The molecule has 2 aromatic rings. The third-order valence-corrected chi connectivity index (χ3v) is 2.97. The zero-order valence-electron chi connectivity index (χ0n) is 11.5. The number of carbonyl (C=O) groups is 1. The Morgan fingerprint density at radius 1 is 1.45 bits per heavy atom. The topological polar surface area (TPSA) is 66.1 Å². The highest BCUT2D eigenvalue weighted by molar-refractivity contribution is 5.95. The van der Waals surface area contributed by atoms with Crippen molar-refractivity contribution in [1.82, 2.24) is 4.98 Å². The van der Waals surface area contributed by atoms with Crippen molar-refractivity contribution in [2.45, 2.75) is 20.0 Å². The maximum Gasteiger partial charge on any atom is 0.458 e. The first-order chi connectivity index (χ1) is 10.2. The van der Waals surface area contributed by atoms with Crippen LogP contribution in [-0.4, -0.2) is 17.6 Å². The van der Waals surface area contributed by atoms with Gasteiger partial charge in [-0.25, -0.2) is 13.9 Å². The van der Waals surface area contributed by atoms with Gasteiger partial charge < -0.3 is 9.94 Å². The van der Waals surface area contributed by atoms with Crippen LogP contribution in [0.15, 0.2) is 12.3 Å². The molecule has 0 saturated carbocycles. The zero-order valence-corrected chi connectivity index (χ0v) is 11.5. The third-order valence-electron chi connectivity index (χ3n) is 2.97. The number of esters is 1. The van der Waals surface area contributed by atoms with Gasteiger partial charge in [0.1, 0.15) is 11.8 Å². The Morgan fingerprint density at radius 3 is 2.64 bits per heavy atom. The van der Waals surface area contributed by atoms with E-state index < -0.39 is 34.9 Å². The lowest BCUT2D eigenvalue weighted by molar-refractivity contribution is -0.581. The van der Waals surface area contributed by atoms with Crippen LogP contribution >= 0.6 is 0 Å². The molecule has 9 heteroatoms. The highest BCUT2D eigenvalue weighted by atomic mass is 19.4. The van der Waals surface area contributed by atoms with E-state index in [9.17, 15) is 27.6 Å². The summed E-state index contributed by atoms with van der Waals surface area (Å²) in [5.41, 5.74) is -3.13. The third kappa shape index (κ3) is 2.66. The summed E-state index contributed by atoms with van der Waals surface area (Å²) in [6, 6.07) is 0.774. The van der Waals surface area contributed by atoms with Crippen molar-refractivity contribution in [1.29, 1.82) is 0 Å². The van der Waals surface area contributed by atoms with Crippen LogP contribution in [0.3, 0.4) is 0 Å². The second-order valence-corrected chi connectivity index (χ2v) is 4.40. The molecule has 0 spiro atoms. The molecule has 0 atom stereocenters. The van der Waals surface area contributed by atoms with Gasteiger partial charge in [0.25, 0.3) is 5.69 Å². The number of rotatable bonds is 2. The van der Waals surface area contributed by atoms with E-state index in [1.807, 2.05) is 0 Å². The van der Waals surface area contributed by atoms with Crippen LogP contribution in [0.5, 0.6) is 0 Å². The first-order valence-electron chi connectivity index (χ1n) is 6.14. The summed E-state index contributed by atoms with van der Waals surface area (Å²) >= 11 is 0.